The van der Waals surface area contributed by atoms with Crippen LogP contribution in [0, 0.1) is 0 Å². The highest BCUT2D eigenvalue weighted by atomic mass is 16.3. The summed E-state index contributed by atoms with van der Waals surface area (Å²) < 4.78 is 0. The number of aromatic nitrogens is 1. The van der Waals surface area contributed by atoms with Gasteiger partial charge in [0.25, 0.3) is 5.91 Å². The first-order valence-electron chi connectivity index (χ1n) is 8.46. The van der Waals surface area contributed by atoms with E-state index in [4.69, 9.17) is 0 Å². The Hall–Kier alpha value is -1.66. The van der Waals surface area contributed by atoms with E-state index in [0.29, 0.717) is 19.4 Å². The summed E-state index contributed by atoms with van der Waals surface area (Å²) in [7, 11) is 2.13. The predicted octanol–water partition coefficient (Wildman–Crippen LogP) is 0.755. The van der Waals surface area contributed by atoms with Gasteiger partial charge in [0, 0.05) is 38.9 Å². The fourth-order valence-corrected chi connectivity index (χ4v) is 3.31. The zero-order chi connectivity index (χ0) is 16.3. The van der Waals surface area contributed by atoms with Gasteiger partial charge in [0.05, 0.1) is 0 Å². The molecule has 1 saturated carbocycles. The van der Waals surface area contributed by atoms with Gasteiger partial charge in [-0.1, -0.05) is 0 Å². The lowest BCUT2D eigenvalue weighted by Gasteiger charge is -2.33. The number of anilines is 1. The van der Waals surface area contributed by atoms with E-state index in [-0.39, 0.29) is 5.91 Å². The zero-order valence-corrected chi connectivity index (χ0v) is 13.8. The largest absolute Gasteiger partial charge is 0.380 e. The smallest absolute Gasteiger partial charge is 0.252 e. The van der Waals surface area contributed by atoms with E-state index in [1.807, 2.05) is 12.1 Å². The predicted molar refractivity (Wildman–Crippen MR) is 89.2 cm³/mol. The highest BCUT2D eigenvalue weighted by Gasteiger charge is 2.38. The maximum Gasteiger partial charge on any atom is 0.252 e. The quantitative estimate of drug-likeness (QED) is 0.858. The first-order chi connectivity index (χ1) is 11.1. The van der Waals surface area contributed by atoms with Crippen molar-refractivity contribution in [3.05, 3.63) is 23.9 Å². The zero-order valence-electron chi connectivity index (χ0n) is 13.8. The molecular formula is C17H26N4O2. The van der Waals surface area contributed by atoms with Crippen LogP contribution in [0.2, 0.25) is 0 Å². The van der Waals surface area contributed by atoms with Crippen molar-refractivity contribution in [3.8, 4) is 0 Å². The van der Waals surface area contributed by atoms with Gasteiger partial charge in [0.2, 0.25) is 0 Å². The molecule has 2 aliphatic rings. The number of amides is 1. The fraction of sp³-hybridized carbons (Fsp3) is 0.647. The number of piperazine rings is 1. The minimum atomic E-state index is -1.16. The monoisotopic (exact) mass is 318 g/mol. The topological polar surface area (TPSA) is 68.7 Å². The highest BCUT2D eigenvalue weighted by molar-refractivity contribution is 5.85. The van der Waals surface area contributed by atoms with Crippen molar-refractivity contribution >= 4 is 11.7 Å². The van der Waals surface area contributed by atoms with Crippen LogP contribution in [0.3, 0.4) is 0 Å². The van der Waals surface area contributed by atoms with Gasteiger partial charge in [-0.05, 0) is 50.4 Å². The van der Waals surface area contributed by atoms with Crippen LogP contribution in [-0.2, 0) is 11.3 Å². The van der Waals surface area contributed by atoms with E-state index in [0.717, 1.165) is 50.4 Å². The summed E-state index contributed by atoms with van der Waals surface area (Å²) >= 11 is 0. The minimum absolute atomic E-state index is 0.243. The molecule has 0 aromatic carbocycles. The molecule has 0 atom stereocenters. The van der Waals surface area contributed by atoms with Crippen molar-refractivity contribution in [1.29, 1.82) is 0 Å². The highest BCUT2D eigenvalue weighted by Crippen LogP contribution is 2.29. The van der Waals surface area contributed by atoms with Crippen LogP contribution < -0.4 is 10.2 Å². The molecule has 0 unspecified atom stereocenters. The third-order valence-electron chi connectivity index (χ3n) is 4.94. The first-order valence-corrected chi connectivity index (χ1v) is 8.46. The number of aliphatic hydroxyl groups is 1. The van der Waals surface area contributed by atoms with Crippen molar-refractivity contribution in [2.75, 3.05) is 38.1 Å². The molecule has 0 spiro atoms. The summed E-state index contributed by atoms with van der Waals surface area (Å²) in [6.45, 7) is 4.45. The molecule has 1 aliphatic heterocycles. The molecule has 2 heterocycles. The molecule has 0 bridgehead atoms. The molecular weight excluding hydrogens is 292 g/mol. The molecule has 1 aromatic heterocycles. The Kier molecular flexibility index (Phi) is 4.82. The van der Waals surface area contributed by atoms with E-state index >= 15 is 0 Å². The number of nitrogens with zero attached hydrogens (tertiary/aromatic N) is 3. The molecule has 23 heavy (non-hydrogen) atoms. The second kappa shape index (κ2) is 6.84. The lowest BCUT2D eigenvalue weighted by Crippen LogP contribution is -2.45. The number of hydrogen-bond acceptors (Lipinski definition) is 5. The Morgan fingerprint density at radius 2 is 2.00 bits per heavy atom. The number of carbonyl (C=O) groups excluding carboxylic acids is 1. The van der Waals surface area contributed by atoms with Gasteiger partial charge in [0.1, 0.15) is 11.4 Å². The second-order valence-corrected chi connectivity index (χ2v) is 6.73. The molecule has 1 aliphatic carbocycles. The normalized spacial score (nSPS) is 21.4. The average molecular weight is 318 g/mol. The molecule has 1 amide bonds. The van der Waals surface area contributed by atoms with Crippen LogP contribution in [0.4, 0.5) is 5.82 Å². The Morgan fingerprint density at radius 3 is 2.70 bits per heavy atom. The standard InChI is InChI=1S/C17H26N4O2/c1-20-8-10-21(11-9-20)15-12-14(4-7-18-15)13-19-16(22)17(23)5-2-3-6-17/h4,7,12,23H,2-3,5-6,8-11,13H2,1H3,(H,19,22). The Labute approximate surface area is 137 Å². The average Bonchev–Trinajstić information content (AvgIpc) is 3.01. The fourth-order valence-electron chi connectivity index (χ4n) is 3.31. The summed E-state index contributed by atoms with van der Waals surface area (Å²) in [5.74, 6) is 0.720. The van der Waals surface area contributed by atoms with Crippen LogP contribution in [0.15, 0.2) is 18.3 Å². The molecule has 0 radical (unpaired) electrons. The molecule has 6 heteroatoms. The lowest BCUT2D eigenvalue weighted by atomic mass is 10.0. The van der Waals surface area contributed by atoms with Crippen molar-refractivity contribution in [1.82, 2.24) is 15.2 Å². The summed E-state index contributed by atoms with van der Waals surface area (Å²) in [6, 6.07) is 3.95. The van der Waals surface area contributed by atoms with Crippen LogP contribution in [0.1, 0.15) is 31.2 Å². The number of carbonyl (C=O) groups is 1. The second-order valence-electron chi connectivity index (χ2n) is 6.73. The number of rotatable bonds is 4. The van der Waals surface area contributed by atoms with Gasteiger partial charge in [-0.15, -0.1) is 0 Å². The van der Waals surface area contributed by atoms with Gasteiger partial charge in [-0.3, -0.25) is 4.79 Å². The number of nitrogens with one attached hydrogen (secondary N) is 1. The van der Waals surface area contributed by atoms with Crippen LogP contribution >= 0.6 is 0 Å². The first kappa shape index (κ1) is 16.2. The van der Waals surface area contributed by atoms with E-state index in [9.17, 15) is 9.90 Å². The Bertz CT molecular complexity index is 549. The number of pyridine rings is 1. The molecule has 126 valence electrons. The van der Waals surface area contributed by atoms with Gasteiger partial charge in [-0.2, -0.15) is 0 Å². The maximum atomic E-state index is 12.2. The molecule has 6 nitrogen and oxygen atoms in total. The summed E-state index contributed by atoms with van der Waals surface area (Å²) in [5, 5.41) is 13.2. The van der Waals surface area contributed by atoms with Crippen molar-refractivity contribution in [2.24, 2.45) is 0 Å². The summed E-state index contributed by atoms with van der Waals surface area (Å²) in [5.41, 5.74) is -0.142. The third kappa shape index (κ3) is 3.82. The summed E-state index contributed by atoms with van der Waals surface area (Å²) in [4.78, 5) is 21.2. The third-order valence-corrected chi connectivity index (χ3v) is 4.94. The van der Waals surface area contributed by atoms with Gasteiger partial charge in [0.15, 0.2) is 0 Å². The number of likely N-dealkylation sites (N-methyl/N-ethyl adjacent to an activating group) is 1. The van der Waals surface area contributed by atoms with E-state index < -0.39 is 5.60 Å². The summed E-state index contributed by atoms with van der Waals surface area (Å²) in [6.07, 6.45) is 4.78. The van der Waals surface area contributed by atoms with Crippen molar-refractivity contribution < 1.29 is 9.90 Å². The molecule has 2 fully saturated rings. The SMILES string of the molecule is CN1CCN(c2cc(CNC(=O)C3(O)CCCC3)ccn2)CC1. The van der Waals surface area contributed by atoms with Crippen LogP contribution in [0.5, 0.6) is 0 Å². The maximum absolute atomic E-state index is 12.2. The lowest BCUT2D eigenvalue weighted by molar-refractivity contribution is -0.139. The Balaban J connectivity index is 1.58. The molecule has 3 rings (SSSR count). The van der Waals surface area contributed by atoms with Crippen LogP contribution in [-0.4, -0.2) is 59.7 Å². The van der Waals surface area contributed by atoms with Gasteiger partial charge < -0.3 is 20.2 Å². The van der Waals surface area contributed by atoms with Crippen LogP contribution in [0.25, 0.3) is 0 Å². The van der Waals surface area contributed by atoms with Gasteiger partial charge in [-0.25, -0.2) is 4.98 Å². The Morgan fingerprint density at radius 1 is 1.30 bits per heavy atom. The van der Waals surface area contributed by atoms with Crippen molar-refractivity contribution in [3.63, 3.8) is 0 Å². The minimum Gasteiger partial charge on any atom is -0.380 e. The van der Waals surface area contributed by atoms with Crippen molar-refractivity contribution in [2.45, 2.75) is 37.8 Å². The van der Waals surface area contributed by atoms with E-state index in [1.165, 1.54) is 0 Å². The molecule has 1 aromatic rings. The van der Waals surface area contributed by atoms with Gasteiger partial charge >= 0.3 is 0 Å². The molecule has 2 N–H and O–H groups in total. The number of hydrogen-bond donors (Lipinski definition) is 2. The van der Waals surface area contributed by atoms with E-state index in [1.54, 1.807) is 6.20 Å². The van der Waals surface area contributed by atoms with E-state index in [2.05, 4.69) is 27.1 Å². The molecule has 1 saturated heterocycles.